The van der Waals surface area contributed by atoms with Gasteiger partial charge in [0.1, 0.15) is 6.10 Å². The standard InChI is InChI=1S/C11H18O2.C2H6/c1-11(2,3)8-7-9-5-4-6-10(12)13-9;1-2/h4,6,9H,5,7-8H2,1-3H3;1-2H3/t9-;/m1./s1. The molecule has 1 atom stereocenters. The van der Waals surface area contributed by atoms with E-state index in [1.807, 2.05) is 19.9 Å². The minimum atomic E-state index is -0.190. The molecule has 0 unspecified atom stereocenters. The first-order valence-corrected chi connectivity index (χ1v) is 5.84. The molecule has 0 radical (unpaired) electrons. The molecule has 2 heteroatoms. The van der Waals surface area contributed by atoms with Crippen LogP contribution in [0.4, 0.5) is 0 Å². The molecule has 0 N–H and O–H groups in total. The van der Waals surface area contributed by atoms with Gasteiger partial charge in [-0.3, -0.25) is 0 Å². The third kappa shape index (κ3) is 7.18. The van der Waals surface area contributed by atoms with Crippen molar-refractivity contribution in [2.75, 3.05) is 0 Å². The predicted octanol–water partition coefficient (Wildman–Crippen LogP) is 3.71. The summed E-state index contributed by atoms with van der Waals surface area (Å²) in [6, 6.07) is 0. The molecule has 0 saturated heterocycles. The van der Waals surface area contributed by atoms with Crippen molar-refractivity contribution >= 4 is 5.97 Å². The fourth-order valence-corrected chi connectivity index (χ4v) is 1.34. The predicted molar refractivity (Wildman–Crippen MR) is 63.7 cm³/mol. The molecule has 1 heterocycles. The van der Waals surface area contributed by atoms with Gasteiger partial charge >= 0.3 is 5.97 Å². The van der Waals surface area contributed by atoms with Crippen LogP contribution in [0.3, 0.4) is 0 Å². The molecule has 15 heavy (non-hydrogen) atoms. The maximum absolute atomic E-state index is 10.9. The summed E-state index contributed by atoms with van der Waals surface area (Å²) in [5.41, 5.74) is 0.327. The van der Waals surface area contributed by atoms with Crippen molar-refractivity contribution in [3.8, 4) is 0 Å². The lowest BCUT2D eigenvalue weighted by molar-refractivity contribution is -0.144. The molecule has 88 valence electrons. The first-order chi connectivity index (χ1) is 6.97. The van der Waals surface area contributed by atoms with Gasteiger partial charge in [0.05, 0.1) is 0 Å². The summed E-state index contributed by atoms with van der Waals surface area (Å²) in [6.45, 7) is 10.6. The Labute approximate surface area is 93.7 Å². The Kier molecular flexibility index (Phi) is 6.30. The molecule has 0 spiro atoms. The molecule has 0 bridgehead atoms. The third-order valence-corrected chi connectivity index (χ3v) is 2.15. The summed E-state index contributed by atoms with van der Waals surface area (Å²) in [5.74, 6) is -0.190. The van der Waals surface area contributed by atoms with Crippen LogP contribution in [0.25, 0.3) is 0 Å². The van der Waals surface area contributed by atoms with Gasteiger partial charge in [0.15, 0.2) is 0 Å². The van der Waals surface area contributed by atoms with Gasteiger partial charge in [0.2, 0.25) is 0 Å². The van der Waals surface area contributed by atoms with Crippen molar-refractivity contribution in [2.45, 2.75) is 60.0 Å². The van der Waals surface area contributed by atoms with Crippen LogP contribution in [-0.4, -0.2) is 12.1 Å². The molecule has 1 aliphatic heterocycles. The second-order valence-corrected chi connectivity index (χ2v) is 4.80. The van der Waals surface area contributed by atoms with Gasteiger partial charge in [-0.15, -0.1) is 0 Å². The quantitative estimate of drug-likeness (QED) is 0.652. The van der Waals surface area contributed by atoms with E-state index in [2.05, 4.69) is 20.8 Å². The lowest BCUT2D eigenvalue weighted by atomic mass is 9.88. The van der Waals surface area contributed by atoms with Crippen LogP contribution in [0.2, 0.25) is 0 Å². The van der Waals surface area contributed by atoms with Crippen LogP contribution in [0.5, 0.6) is 0 Å². The Balaban J connectivity index is 0.000000921. The van der Waals surface area contributed by atoms with E-state index >= 15 is 0 Å². The molecular formula is C13H24O2. The molecule has 0 aromatic carbocycles. The number of hydrogen-bond donors (Lipinski definition) is 0. The molecule has 0 fully saturated rings. The third-order valence-electron chi connectivity index (χ3n) is 2.15. The van der Waals surface area contributed by atoms with Crippen molar-refractivity contribution < 1.29 is 9.53 Å². The Bertz CT molecular complexity index is 211. The van der Waals surface area contributed by atoms with Gasteiger partial charge in [0.25, 0.3) is 0 Å². The zero-order valence-electron chi connectivity index (χ0n) is 10.7. The maximum Gasteiger partial charge on any atom is 0.330 e. The molecule has 1 rings (SSSR count). The highest BCUT2D eigenvalue weighted by Crippen LogP contribution is 2.24. The number of rotatable bonds is 2. The molecule has 2 nitrogen and oxygen atoms in total. The highest BCUT2D eigenvalue weighted by molar-refractivity contribution is 5.82. The van der Waals surface area contributed by atoms with E-state index in [-0.39, 0.29) is 12.1 Å². The van der Waals surface area contributed by atoms with Crippen molar-refractivity contribution in [1.82, 2.24) is 0 Å². The van der Waals surface area contributed by atoms with Crippen LogP contribution < -0.4 is 0 Å². The summed E-state index contributed by atoms with van der Waals surface area (Å²) in [4.78, 5) is 10.9. The molecule has 0 saturated carbocycles. The van der Waals surface area contributed by atoms with Crippen LogP contribution >= 0.6 is 0 Å². The van der Waals surface area contributed by atoms with E-state index in [0.29, 0.717) is 5.41 Å². The monoisotopic (exact) mass is 212 g/mol. The minimum Gasteiger partial charge on any atom is -0.459 e. The van der Waals surface area contributed by atoms with Gasteiger partial charge in [0, 0.05) is 12.5 Å². The average molecular weight is 212 g/mol. The largest absolute Gasteiger partial charge is 0.459 e. The normalized spacial score (nSPS) is 20.3. The Hall–Kier alpha value is -0.790. The Morgan fingerprint density at radius 1 is 1.40 bits per heavy atom. The maximum atomic E-state index is 10.9. The molecule has 0 aromatic heterocycles. The summed E-state index contributed by atoms with van der Waals surface area (Å²) >= 11 is 0. The fraction of sp³-hybridized carbons (Fsp3) is 0.769. The SMILES string of the molecule is CC.CC(C)(C)CC[C@H]1CC=CC(=O)O1. The number of esters is 1. The zero-order chi connectivity index (χ0) is 11.9. The minimum absolute atomic E-state index is 0.108. The summed E-state index contributed by atoms with van der Waals surface area (Å²) in [6.07, 6.45) is 6.46. The van der Waals surface area contributed by atoms with E-state index in [4.69, 9.17) is 4.74 Å². The van der Waals surface area contributed by atoms with Gasteiger partial charge in [-0.25, -0.2) is 4.79 Å². The number of carbonyl (C=O) groups is 1. The summed E-state index contributed by atoms with van der Waals surface area (Å²) < 4.78 is 5.16. The smallest absolute Gasteiger partial charge is 0.330 e. The molecule has 0 aromatic rings. The van der Waals surface area contributed by atoms with Crippen LogP contribution in [0.1, 0.15) is 53.9 Å². The molecule has 1 aliphatic rings. The van der Waals surface area contributed by atoms with Gasteiger partial charge in [-0.1, -0.05) is 40.7 Å². The summed E-state index contributed by atoms with van der Waals surface area (Å²) in [5, 5.41) is 0. The van der Waals surface area contributed by atoms with E-state index in [1.165, 1.54) is 6.08 Å². The van der Waals surface area contributed by atoms with Crippen molar-refractivity contribution in [3.63, 3.8) is 0 Å². The highest BCUT2D eigenvalue weighted by Gasteiger charge is 2.19. The number of carbonyl (C=O) groups excluding carboxylic acids is 1. The fourth-order valence-electron chi connectivity index (χ4n) is 1.34. The Morgan fingerprint density at radius 2 is 2.00 bits per heavy atom. The van der Waals surface area contributed by atoms with Crippen molar-refractivity contribution in [2.24, 2.45) is 5.41 Å². The summed E-state index contributed by atoms with van der Waals surface area (Å²) in [7, 11) is 0. The van der Waals surface area contributed by atoms with Gasteiger partial charge in [-0.2, -0.15) is 0 Å². The van der Waals surface area contributed by atoms with E-state index in [9.17, 15) is 4.79 Å². The average Bonchev–Trinajstić information content (AvgIpc) is 2.17. The van der Waals surface area contributed by atoms with E-state index in [0.717, 1.165) is 19.3 Å². The molecular weight excluding hydrogens is 188 g/mol. The highest BCUT2D eigenvalue weighted by atomic mass is 16.5. The van der Waals surface area contributed by atoms with Gasteiger partial charge < -0.3 is 4.74 Å². The molecule has 0 amide bonds. The van der Waals surface area contributed by atoms with Crippen LogP contribution in [0.15, 0.2) is 12.2 Å². The topological polar surface area (TPSA) is 26.3 Å². The second kappa shape index (κ2) is 6.65. The zero-order valence-corrected chi connectivity index (χ0v) is 10.7. The van der Waals surface area contributed by atoms with Crippen LogP contribution in [-0.2, 0) is 9.53 Å². The lowest BCUT2D eigenvalue weighted by Crippen LogP contribution is -2.21. The van der Waals surface area contributed by atoms with Crippen molar-refractivity contribution in [1.29, 1.82) is 0 Å². The second-order valence-electron chi connectivity index (χ2n) is 4.80. The number of ether oxygens (including phenoxy) is 1. The van der Waals surface area contributed by atoms with E-state index < -0.39 is 0 Å². The Morgan fingerprint density at radius 3 is 2.47 bits per heavy atom. The van der Waals surface area contributed by atoms with Gasteiger partial charge in [-0.05, 0) is 18.3 Å². The number of cyclic esters (lactones) is 1. The first-order valence-electron chi connectivity index (χ1n) is 5.84. The van der Waals surface area contributed by atoms with E-state index in [1.54, 1.807) is 0 Å². The number of hydrogen-bond acceptors (Lipinski definition) is 2. The first kappa shape index (κ1) is 14.2. The van der Waals surface area contributed by atoms with Crippen molar-refractivity contribution in [3.05, 3.63) is 12.2 Å². The lowest BCUT2D eigenvalue weighted by Gasteiger charge is -2.23. The van der Waals surface area contributed by atoms with Crippen LogP contribution in [0, 0.1) is 5.41 Å². The molecule has 0 aliphatic carbocycles.